The monoisotopic (exact) mass is 223 g/mol. The zero-order chi connectivity index (χ0) is 11.5. The molecule has 1 aliphatic carbocycles. The Morgan fingerprint density at radius 3 is 2.50 bits per heavy atom. The molecule has 0 bridgehead atoms. The molecule has 2 nitrogen and oxygen atoms in total. The van der Waals surface area contributed by atoms with E-state index in [0.717, 1.165) is 18.4 Å². The summed E-state index contributed by atoms with van der Waals surface area (Å²) in [7, 11) is 0. The minimum Gasteiger partial charge on any atom is -0.298 e. The second-order valence-electron chi connectivity index (χ2n) is 5.73. The molecule has 3 unspecified atom stereocenters. The SMILES string of the molecule is CC(=O)C(C)N1CCC2CCCCCC2C1. The number of carbonyl (C=O) groups excluding carboxylic acids is 1. The number of likely N-dealkylation sites (tertiary alicyclic amines) is 1. The van der Waals surface area contributed by atoms with Crippen LogP contribution >= 0.6 is 0 Å². The predicted octanol–water partition coefficient (Wildman–Crippen LogP) is 2.87. The molecule has 0 N–H and O–H groups in total. The average Bonchev–Trinajstić information content (AvgIpc) is 2.51. The van der Waals surface area contributed by atoms with Gasteiger partial charge in [0, 0.05) is 6.54 Å². The standard InChI is InChI=1S/C14H25NO/c1-11(12(2)16)15-9-8-13-6-4-3-5-7-14(13)10-15/h11,13-14H,3-10H2,1-2H3. The van der Waals surface area contributed by atoms with Crippen molar-refractivity contribution in [2.45, 2.75) is 58.4 Å². The number of fused-ring (bicyclic) bond motifs is 1. The molecule has 16 heavy (non-hydrogen) atoms. The van der Waals surface area contributed by atoms with Crippen LogP contribution < -0.4 is 0 Å². The third kappa shape index (κ3) is 2.65. The normalized spacial score (nSPS) is 33.9. The number of hydrogen-bond donors (Lipinski definition) is 0. The van der Waals surface area contributed by atoms with Crippen LogP contribution in [0.2, 0.25) is 0 Å². The maximum Gasteiger partial charge on any atom is 0.146 e. The molecule has 2 aliphatic rings. The number of carbonyl (C=O) groups is 1. The van der Waals surface area contributed by atoms with Gasteiger partial charge in [0.1, 0.15) is 5.78 Å². The average molecular weight is 223 g/mol. The number of ketones is 1. The van der Waals surface area contributed by atoms with E-state index in [1.165, 1.54) is 45.1 Å². The molecular formula is C14H25NO. The molecular weight excluding hydrogens is 198 g/mol. The van der Waals surface area contributed by atoms with Crippen LogP contribution in [0.3, 0.4) is 0 Å². The van der Waals surface area contributed by atoms with Gasteiger partial charge < -0.3 is 0 Å². The van der Waals surface area contributed by atoms with Crippen molar-refractivity contribution in [2.24, 2.45) is 11.8 Å². The number of Topliss-reactive ketones (excluding diaryl/α,β-unsaturated/α-hetero) is 1. The molecule has 92 valence electrons. The lowest BCUT2D eigenvalue weighted by Gasteiger charge is -2.40. The molecule has 1 aliphatic heterocycles. The Kier molecular flexibility index (Phi) is 4.01. The number of piperidine rings is 1. The summed E-state index contributed by atoms with van der Waals surface area (Å²) < 4.78 is 0. The van der Waals surface area contributed by atoms with E-state index >= 15 is 0 Å². The van der Waals surface area contributed by atoms with Gasteiger partial charge in [-0.3, -0.25) is 9.69 Å². The highest BCUT2D eigenvalue weighted by molar-refractivity contribution is 5.80. The fraction of sp³-hybridized carbons (Fsp3) is 0.929. The number of nitrogens with zero attached hydrogens (tertiary/aromatic N) is 1. The van der Waals surface area contributed by atoms with Gasteiger partial charge >= 0.3 is 0 Å². The maximum absolute atomic E-state index is 11.4. The van der Waals surface area contributed by atoms with Gasteiger partial charge in [-0.15, -0.1) is 0 Å². The van der Waals surface area contributed by atoms with Crippen LogP contribution in [0.5, 0.6) is 0 Å². The van der Waals surface area contributed by atoms with Gasteiger partial charge in [0.25, 0.3) is 0 Å². The Morgan fingerprint density at radius 2 is 1.81 bits per heavy atom. The van der Waals surface area contributed by atoms with Gasteiger partial charge in [-0.2, -0.15) is 0 Å². The van der Waals surface area contributed by atoms with Crippen molar-refractivity contribution >= 4 is 5.78 Å². The Labute approximate surface area is 99.4 Å². The maximum atomic E-state index is 11.4. The molecule has 0 spiro atoms. The fourth-order valence-corrected chi connectivity index (χ4v) is 3.41. The fourth-order valence-electron chi connectivity index (χ4n) is 3.41. The van der Waals surface area contributed by atoms with E-state index in [9.17, 15) is 4.79 Å². The lowest BCUT2D eigenvalue weighted by molar-refractivity contribution is -0.122. The molecule has 1 saturated heterocycles. The van der Waals surface area contributed by atoms with Gasteiger partial charge in [-0.1, -0.05) is 25.7 Å². The van der Waals surface area contributed by atoms with E-state index in [4.69, 9.17) is 0 Å². The zero-order valence-corrected chi connectivity index (χ0v) is 10.7. The first-order chi connectivity index (χ1) is 7.68. The molecule has 2 fully saturated rings. The first-order valence-corrected chi connectivity index (χ1v) is 6.93. The molecule has 0 aromatic rings. The van der Waals surface area contributed by atoms with Gasteiger partial charge in [0.15, 0.2) is 0 Å². The number of hydrogen-bond acceptors (Lipinski definition) is 2. The van der Waals surface area contributed by atoms with Gasteiger partial charge in [-0.25, -0.2) is 0 Å². The smallest absolute Gasteiger partial charge is 0.146 e. The van der Waals surface area contributed by atoms with E-state index < -0.39 is 0 Å². The van der Waals surface area contributed by atoms with Crippen molar-refractivity contribution in [2.75, 3.05) is 13.1 Å². The third-order valence-electron chi connectivity index (χ3n) is 4.71. The summed E-state index contributed by atoms with van der Waals surface area (Å²) in [6, 6.07) is 0.143. The summed E-state index contributed by atoms with van der Waals surface area (Å²) in [5, 5.41) is 0. The molecule has 3 atom stereocenters. The van der Waals surface area contributed by atoms with Crippen molar-refractivity contribution in [1.82, 2.24) is 4.90 Å². The van der Waals surface area contributed by atoms with Crippen LogP contribution in [0.15, 0.2) is 0 Å². The second-order valence-corrected chi connectivity index (χ2v) is 5.73. The van der Waals surface area contributed by atoms with Gasteiger partial charge in [0.2, 0.25) is 0 Å². The lowest BCUT2D eigenvalue weighted by atomic mass is 9.81. The van der Waals surface area contributed by atoms with Crippen LogP contribution in [0.25, 0.3) is 0 Å². The quantitative estimate of drug-likeness (QED) is 0.717. The first-order valence-electron chi connectivity index (χ1n) is 6.93. The highest BCUT2D eigenvalue weighted by Gasteiger charge is 2.32. The summed E-state index contributed by atoms with van der Waals surface area (Å²) in [5.41, 5.74) is 0. The lowest BCUT2D eigenvalue weighted by Crippen LogP contribution is -2.47. The second kappa shape index (κ2) is 5.31. The Bertz CT molecular complexity index is 251. The third-order valence-corrected chi connectivity index (χ3v) is 4.71. The van der Waals surface area contributed by atoms with E-state index in [0.29, 0.717) is 5.78 Å². The van der Waals surface area contributed by atoms with Crippen LogP contribution in [0.4, 0.5) is 0 Å². The van der Waals surface area contributed by atoms with Crippen molar-refractivity contribution in [1.29, 1.82) is 0 Å². The minimum absolute atomic E-state index is 0.143. The largest absolute Gasteiger partial charge is 0.298 e. The van der Waals surface area contributed by atoms with Gasteiger partial charge in [-0.05, 0) is 45.1 Å². The molecule has 0 radical (unpaired) electrons. The van der Waals surface area contributed by atoms with Crippen molar-refractivity contribution in [3.8, 4) is 0 Å². The molecule has 1 heterocycles. The highest BCUT2D eigenvalue weighted by Crippen LogP contribution is 2.35. The molecule has 1 saturated carbocycles. The summed E-state index contributed by atoms with van der Waals surface area (Å²) >= 11 is 0. The zero-order valence-electron chi connectivity index (χ0n) is 10.7. The molecule has 0 amide bonds. The van der Waals surface area contributed by atoms with Crippen molar-refractivity contribution < 1.29 is 4.79 Å². The van der Waals surface area contributed by atoms with Crippen LogP contribution in [0.1, 0.15) is 52.4 Å². The Balaban J connectivity index is 1.95. The first kappa shape index (κ1) is 12.1. The highest BCUT2D eigenvalue weighted by atomic mass is 16.1. The van der Waals surface area contributed by atoms with Crippen LogP contribution in [-0.4, -0.2) is 29.8 Å². The van der Waals surface area contributed by atoms with Gasteiger partial charge in [0.05, 0.1) is 6.04 Å². The predicted molar refractivity (Wildman–Crippen MR) is 66.4 cm³/mol. The van der Waals surface area contributed by atoms with E-state index in [2.05, 4.69) is 11.8 Å². The molecule has 2 rings (SSSR count). The summed E-state index contributed by atoms with van der Waals surface area (Å²) in [5.74, 6) is 2.16. The minimum atomic E-state index is 0.143. The molecule has 0 aromatic heterocycles. The summed E-state index contributed by atoms with van der Waals surface area (Å²) in [6.45, 7) is 6.11. The summed E-state index contributed by atoms with van der Waals surface area (Å²) in [6.07, 6.45) is 8.42. The Hall–Kier alpha value is -0.370. The molecule has 0 aromatic carbocycles. The van der Waals surface area contributed by atoms with E-state index in [1.807, 2.05) is 0 Å². The van der Waals surface area contributed by atoms with Crippen LogP contribution in [-0.2, 0) is 4.79 Å². The van der Waals surface area contributed by atoms with Crippen molar-refractivity contribution in [3.63, 3.8) is 0 Å². The van der Waals surface area contributed by atoms with Crippen LogP contribution in [0, 0.1) is 11.8 Å². The Morgan fingerprint density at radius 1 is 1.12 bits per heavy atom. The van der Waals surface area contributed by atoms with E-state index in [-0.39, 0.29) is 6.04 Å². The topological polar surface area (TPSA) is 20.3 Å². The molecule has 2 heteroatoms. The van der Waals surface area contributed by atoms with E-state index in [1.54, 1.807) is 6.92 Å². The number of rotatable bonds is 2. The van der Waals surface area contributed by atoms with Crippen molar-refractivity contribution in [3.05, 3.63) is 0 Å². The summed E-state index contributed by atoms with van der Waals surface area (Å²) in [4.78, 5) is 13.8.